The molecule has 6 nitrogen and oxygen atoms in total. The van der Waals surface area contributed by atoms with E-state index >= 15 is 0 Å². The predicted octanol–water partition coefficient (Wildman–Crippen LogP) is 4.02. The van der Waals surface area contributed by atoms with E-state index in [-0.39, 0.29) is 29.7 Å². The highest BCUT2D eigenvalue weighted by Gasteiger charge is 2.39. The monoisotopic (exact) mass is 401 g/mol. The Balaban J connectivity index is 1.74. The summed E-state index contributed by atoms with van der Waals surface area (Å²) < 4.78 is 5.32. The average molecular weight is 402 g/mol. The van der Waals surface area contributed by atoms with Crippen LogP contribution in [0.15, 0.2) is 18.2 Å². The molecular weight excluding hydrogens is 374 g/mol. The van der Waals surface area contributed by atoms with Crippen LogP contribution in [0.1, 0.15) is 37.6 Å². The van der Waals surface area contributed by atoms with E-state index in [2.05, 4.69) is 10.3 Å². The number of amides is 2. The SMILES string of the molecule is COc1ccc(-c2nc(NC(=O)C3CC(=O)N(C(C)(C)C)C3)sc2C)cc1C. The van der Waals surface area contributed by atoms with Crippen LogP contribution in [-0.2, 0) is 9.59 Å². The first-order chi connectivity index (χ1) is 13.1. The average Bonchev–Trinajstić information content (AvgIpc) is 3.17. The third-order valence-electron chi connectivity index (χ3n) is 5.00. The molecule has 1 atom stereocenters. The Labute approximate surface area is 169 Å². The van der Waals surface area contributed by atoms with Gasteiger partial charge >= 0.3 is 0 Å². The van der Waals surface area contributed by atoms with Crippen molar-refractivity contribution in [3.8, 4) is 17.0 Å². The van der Waals surface area contributed by atoms with Gasteiger partial charge in [0.25, 0.3) is 0 Å². The van der Waals surface area contributed by atoms with E-state index in [1.165, 1.54) is 11.3 Å². The van der Waals surface area contributed by atoms with Crippen LogP contribution < -0.4 is 10.1 Å². The van der Waals surface area contributed by atoms with Gasteiger partial charge in [0.2, 0.25) is 11.8 Å². The first-order valence-electron chi connectivity index (χ1n) is 9.34. The quantitative estimate of drug-likeness (QED) is 0.840. The van der Waals surface area contributed by atoms with Crippen LogP contribution in [0.3, 0.4) is 0 Å². The Morgan fingerprint density at radius 1 is 1.32 bits per heavy atom. The zero-order valence-corrected chi connectivity index (χ0v) is 18.1. The van der Waals surface area contributed by atoms with Gasteiger partial charge in [0.1, 0.15) is 5.75 Å². The molecule has 1 N–H and O–H groups in total. The number of benzene rings is 1. The number of ether oxygens (including phenoxy) is 1. The van der Waals surface area contributed by atoms with Crippen LogP contribution in [0.5, 0.6) is 5.75 Å². The molecule has 2 amide bonds. The number of carbonyl (C=O) groups is 2. The summed E-state index contributed by atoms with van der Waals surface area (Å²) in [7, 11) is 1.65. The van der Waals surface area contributed by atoms with Crippen LogP contribution in [0, 0.1) is 19.8 Å². The van der Waals surface area contributed by atoms with Crippen LogP contribution in [0.4, 0.5) is 5.13 Å². The summed E-state index contributed by atoms with van der Waals surface area (Å²) in [6.07, 6.45) is 0.248. The van der Waals surface area contributed by atoms with Gasteiger partial charge in [-0.15, -0.1) is 11.3 Å². The molecule has 0 bridgehead atoms. The van der Waals surface area contributed by atoms with Gasteiger partial charge in [-0.2, -0.15) is 0 Å². The second-order valence-electron chi connectivity index (χ2n) is 8.17. The van der Waals surface area contributed by atoms with E-state index < -0.39 is 0 Å². The lowest BCUT2D eigenvalue weighted by Crippen LogP contribution is -2.42. The van der Waals surface area contributed by atoms with Crippen molar-refractivity contribution in [3.63, 3.8) is 0 Å². The Hall–Kier alpha value is -2.41. The van der Waals surface area contributed by atoms with E-state index in [0.29, 0.717) is 11.7 Å². The lowest BCUT2D eigenvalue weighted by molar-refractivity contribution is -0.131. The summed E-state index contributed by atoms with van der Waals surface area (Å²) in [5, 5.41) is 3.47. The highest BCUT2D eigenvalue weighted by atomic mass is 32.1. The van der Waals surface area contributed by atoms with Gasteiger partial charge in [0.15, 0.2) is 5.13 Å². The lowest BCUT2D eigenvalue weighted by atomic mass is 10.1. The fraction of sp³-hybridized carbons (Fsp3) is 0.476. The summed E-state index contributed by atoms with van der Waals surface area (Å²) in [5.41, 5.74) is 2.60. The number of nitrogens with one attached hydrogen (secondary N) is 1. The van der Waals surface area contributed by atoms with Crippen molar-refractivity contribution in [1.82, 2.24) is 9.88 Å². The van der Waals surface area contributed by atoms with Gasteiger partial charge in [-0.1, -0.05) is 0 Å². The molecule has 1 unspecified atom stereocenters. The summed E-state index contributed by atoms with van der Waals surface area (Å²) in [6, 6.07) is 5.92. The molecule has 1 saturated heterocycles. The third-order valence-corrected chi connectivity index (χ3v) is 5.89. The van der Waals surface area contributed by atoms with Gasteiger partial charge in [-0.3, -0.25) is 9.59 Å². The number of nitrogens with zero attached hydrogens (tertiary/aromatic N) is 2. The summed E-state index contributed by atoms with van der Waals surface area (Å²) in [6.45, 7) is 10.4. The molecule has 0 radical (unpaired) electrons. The fourth-order valence-electron chi connectivity index (χ4n) is 3.48. The number of anilines is 1. The van der Waals surface area contributed by atoms with Crippen molar-refractivity contribution < 1.29 is 14.3 Å². The van der Waals surface area contributed by atoms with Crippen molar-refractivity contribution >= 4 is 28.3 Å². The maximum atomic E-state index is 12.7. The molecule has 1 aliphatic rings. The van der Waals surface area contributed by atoms with Crippen molar-refractivity contribution in [3.05, 3.63) is 28.6 Å². The minimum Gasteiger partial charge on any atom is -0.496 e. The second kappa shape index (κ2) is 7.54. The molecule has 1 aromatic heterocycles. The Morgan fingerprint density at radius 2 is 2.04 bits per heavy atom. The molecule has 0 spiro atoms. The van der Waals surface area contributed by atoms with Gasteiger partial charge in [-0.25, -0.2) is 4.98 Å². The Morgan fingerprint density at radius 3 is 2.61 bits per heavy atom. The summed E-state index contributed by atoms with van der Waals surface area (Å²) in [5.74, 6) is 0.366. The van der Waals surface area contributed by atoms with Crippen LogP contribution in [0.2, 0.25) is 0 Å². The van der Waals surface area contributed by atoms with Gasteiger partial charge in [0.05, 0.1) is 18.7 Å². The minimum atomic E-state index is -0.345. The van der Waals surface area contributed by atoms with E-state index in [4.69, 9.17) is 4.74 Å². The van der Waals surface area contributed by atoms with Gasteiger partial charge in [0, 0.05) is 28.9 Å². The van der Waals surface area contributed by atoms with Crippen molar-refractivity contribution in [1.29, 1.82) is 0 Å². The number of carbonyl (C=O) groups excluding carboxylic acids is 2. The second-order valence-corrected chi connectivity index (χ2v) is 9.38. The highest BCUT2D eigenvalue weighted by molar-refractivity contribution is 7.16. The Bertz CT molecular complexity index is 914. The zero-order valence-electron chi connectivity index (χ0n) is 17.3. The van der Waals surface area contributed by atoms with E-state index in [1.54, 1.807) is 12.0 Å². The van der Waals surface area contributed by atoms with Crippen LogP contribution in [-0.4, -0.2) is 40.9 Å². The summed E-state index contributed by atoms with van der Waals surface area (Å²) in [4.78, 5) is 32.3. The number of likely N-dealkylation sites (tertiary alicyclic amines) is 1. The summed E-state index contributed by atoms with van der Waals surface area (Å²) >= 11 is 1.45. The third kappa shape index (κ3) is 4.04. The molecular formula is C21H27N3O3S. The maximum Gasteiger partial charge on any atom is 0.231 e. The number of thiazole rings is 1. The zero-order chi connectivity index (χ0) is 20.6. The first kappa shape index (κ1) is 20.3. The number of aryl methyl sites for hydroxylation is 2. The highest BCUT2D eigenvalue weighted by Crippen LogP contribution is 2.33. The van der Waals surface area contributed by atoms with E-state index in [0.717, 1.165) is 27.4 Å². The van der Waals surface area contributed by atoms with Gasteiger partial charge < -0.3 is 15.0 Å². The van der Waals surface area contributed by atoms with Crippen LogP contribution >= 0.6 is 11.3 Å². The molecule has 1 fully saturated rings. The number of hydrogen-bond acceptors (Lipinski definition) is 5. The molecule has 1 aromatic carbocycles. The Kier molecular flexibility index (Phi) is 5.48. The molecule has 1 aliphatic heterocycles. The van der Waals surface area contributed by atoms with Crippen molar-refractivity contribution in [2.24, 2.45) is 5.92 Å². The lowest BCUT2D eigenvalue weighted by Gasteiger charge is -2.31. The maximum absolute atomic E-state index is 12.7. The molecule has 150 valence electrons. The van der Waals surface area contributed by atoms with Crippen molar-refractivity contribution in [2.75, 3.05) is 19.0 Å². The molecule has 28 heavy (non-hydrogen) atoms. The molecule has 0 saturated carbocycles. The molecule has 3 rings (SSSR count). The molecule has 2 aromatic rings. The number of hydrogen-bond donors (Lipinski definition) is 1. The number of rotatable bonds is 4. The molecule has 7 heteroatoms. The fourth-order valence-corrected chi connectivity index (χ4v) is 4.32. The minimum absolute atomic E-state index is 0.0253. The smallest absolute Gasteiger partial charge is 0.231 e. The standard InChI is InChI=1S/C21H27N3O3S/c1-12-9-14(7-8-16(12)27-6)18-13(2)28-20(22-18)23-19(26)15-10-17(25)24(11-15)21(3,4)5/h7-9,15H,10-11H2,1-6H3,(H,22,23,26). The van der Waals surface area contributed by atoms with E-state index in [1.807, 2.05) is 52.8 Å². The van der Waals surface area contributed by atoms with E-state index in [9.17, 15) is 9.59 Å². The normalized spacial score (nSPS) is 17.1. The number of aromatic nitrogens is 1. The van der Waals surface area contributed by atoms with Crippen LogP contribution in [0.25, 0.3) is 11.3 Å². The molecule has 2 heterocycles. The largest absolute Gasteiger partial charge is 0.496 e. The topological polar surface area (TPSA) is 71.5 Å². The van der Waals surface area contributed by atoms with Gasteiger partial charge in [-0.05, 0) is 58.4 Å². The first-order valence-corrected chi connectivity index (χ1v) is 10.2. The number of methoxy groups -OCH3 is 1. The predicted molar refractivity (Wildman–Crippen MR) is 112 cm³/mol. The molecule has 0 aliphatic carbocycles. The van der Waals surface area contributed by atoms with Crippen molar-refractivity contribution in [2.45, 2.75) is 46.6 Å².